The topological polar surface area (TPSA) is 0 Å². The van der Waals surface area contributed by atoms with Crippen molar-refractivity contribution in [3.63, 3.8) is 0 Å². The van der Waals surface area contributed by atoms with Crippen molar-refractivity contribution in [3.05, 3.63) is 30.0 Å². The van der Waals surface area contributed by atoms with E-state index in [1.165, 1.54) is 0 Å². The summed E-state index contributed by atoms with van der Waals surface area (Å²) in [6.07, 6.45) is 8.34. The van der Waals surface area contributed by atoms with Gasteiger partial charge in [0.2, 0.25) is 0 Å². The van der Waals surface area contributed by atoms with E-state index in [0.29, 0.717) is 11.8 Å². The van der Waals surface area contributed by atoms with Crippen LogP contribution >= 0.6 is 0 Å². The Kier molecular flexibility index (Phi) is 1.92. The molecule has 0 spiro atoms. The first-order valence-corrected chi connectivity index (χ1v) is 3.40. The van der Waals surface area contributed by atoms with Crippen LogP contribution in [0, 0.1) is 11.8 Å². The molecule has 0 N–H and O–H groups in total. The summed E-state index contributed by atoms with van der Waals surface area (Å²) in [7, 11) is 0. The second-order valence-corrected chi connectivity index (χ2v) is 2.60. The average molecular weight is 120 g/mol. The Morgan fingerprint density at radius 2 is 2.00 bits per heavy atom. The molecule has 0 nitrogen and oxygen atoms in total. The lowest BCUT2D eigenvalue weighted by Crippen LogP contribution is -1.99. The largest absolute Gasteiger partial charge is 0.125 e. The Morgan fingerprint density at radius 1 is 1.22 bits per heavy atom. The molecule has 48 valence electrons. The molecule has 0 aromatic rings. The van der Waals surface area contributed by atoms with Gasteiger partial charge in [-0.05, 0) is 24.0 Å². The molecule has 2 unspecified atom stereocenters. The van der Waals surface area contributed by atoms with E-state index in [2.05, 4.69) is 37.8 Å². The van der Waals surface area contributed by atoms with Crippen molar-refractivity contribution < 1.29 is 0 Å². The first-order valence-electron chi connectivity index (χ1n) is 3.40. The van der Waals surface area contributed by atoms with Crippen LogP contribution in [0.1, 0.15) is 13.8 Å². The first kappa shape index (κ1) is 6.38. The molecule has 1 rings (SSSR count). The minimum atomic E-state index is 0.639. The third-order valence-corrected chi connectivity index (χ3v) is 1.80. The standard InChI is InChI=1S/C9H12/c1-8-6-4-3-5-7-9(8)2/h3-4,6-9H,1-2H3. The molecule has 0 aliphatic heterocycles. The quantitative estimate of drug-likeness (QED) is 0.431. The van der Waals surface area contributed by atoms with Crippen molar-refractivity contribution in [2.24, 2.45) is 11.8 Å². The van der Waals surface area contributed by atoms with Gasteiger partial charge in [0.05, 0.1) is 0 Å². The summed E-state index contributed by atoms with van der Waals surface area (Å²) in [4.78, 5) is 0. The van der Waals surface area contributed by atoms with Crippen LogP contribution in [0.15, 0.2) is 30.0 Å². The fourth-order valence-corrected chi connectivity index (χ4v) is 0.821. The second-order valence-electron chi connectivity index (χ2n) is 2.60. The zero-order chi connectivity index (χ0) is 6.69. The molecule has 0 saturated heterocycles. The van der Waals surface area contributed by atoms with Gasteiger partial charge in [-0.25, -0.2) is 0 Å². The van der Waals surface area contributed by atoms with E-state index < -0.39 is 0 Å². The lowest BCUT2D eigenvalue weighted by molar-refractivity contribution is 0.560. The Balaban J connectivity index is 2.77. The predicted octanol–water partition coefficient (Wildman–Crippen LogP) is 2.54. The fraction of sp³-hybridized carbons (Fsp3) is 0.444. The maximum absolute atomic E-state index is 3.09. The van der Waals surface area contributed by atoms with Crippen molar-refractivity contribution in [2.45, 2.75) is 13.8 Å². The minimum absolute atomic E-state index is 0.639. The smallest absolute Gasteiger partial charge is 0.0125 e. The van der Waals surface area contributed by atoms with Crippen molar-refractivity contribution in [1.29, 1.82) is 0 Å². The highest BCUT2D eigenvalue weighted by molar-refractivity contribution is 5.10. The van der Waals surface area contributed by atoms with Gasteiger partial charge in [0, 0.05) is 0 Å². The first-order chi connectivity index (χ1) is 4.30. The van der Waals surface area contributed by atoms with Crippen molar-refractivity contribution in [2.75, 3.05) is 0 Å². The number of allylic oxidation sites excluding steroid dienone is 3. The molecule has 0 fully saturated rings. The lowest BCUT2D eigenvalue weighted by atomic mass is 9.97. The van der Waals surface area contributed by atoms with Gasteiger partial charge in [0.1, 0.15) is 0 Å². The van der Waals surface area contributed by atoms with Crippen LogP contribution in [0.5, 0.6) is 0 Å². The van der Waals surface area contributed by atoms with Gasteiger partial charge in [-0.15, -0.1) is 5.73 Å². The summed E-state index contributed by atoms with van der Waals surface area (Å²) in [5.74, 6) is 1.30. The third kappa shape index (κ3) is 1.58. The highest BCUT2D eigenvalue weighted by Gasteiger charge is 2.04. The fourth-order valence-electron chi connectivity index (χ4n) is 0.821. The Bertz CT molecular complexity index is 168. The van der Waals surface area contributed by atoms with Crippen LogP contribution in [0.4, 0.5) is 0 Å². The van der Waals surface area contributed by atoms with Crippen molar-refractivity contribution in [1.82, 2.24) is 0 Å². The average Bonchev–Trinajstić information content (AvgIpc) is 1.99. The van der Waals surface area contributed by atoms with E-state index in [4.69, 9.17) is 0 Å². The summed E-state index contributed by atoms with van der Waals surface area (Å²) in [5.41, 5.74) is 3.09. The predicted molar refractivity (Wildman–Crippen MR) is 40.1 cm³/mol. The van der Waals surface area contributed by atoms with E-state index in [1.807, 2.05) is 6.08 Å². The van der Waals surface area contributed by atoms with Gasteiger partial charge in [0.15, 0.2) is 0 Å². The van der Waals surface area contributed by atoms with Crippen LogP contribution < -0.4 is 0 Å². The molecule has 0 radical (unpaired) electrons. The van der Waals surface area contributed by atoms with Crippen molar-refractivity contribution >= 4 is 0 Å². The highest BCUT2D eigenvalue weighted by atomic mass is 14.1. The molecule has 9 heavy (non-hydrogen) atoms. The molecule has 0 amide bonds. The van der Waals surface area contributed by atoms with Gasteiger partial charge in [0.25, 0.3) is 0 Å². The molecule has 0 heterocycles. The molecular weight excluding hydrogens is 108 g/mol. The lowest BCUT2D eigenvalue weighted by Gasteiger charge is -2.08. The number of hydrogen-bond acceptors (Lipinski definition) is 0. The van der Waals surface area contributed by atoms with Crippen LogP contribution in [-0.2, 0) is 0 Å². The minimum Gasteiger partial charge on any atom is -0.125 e. The molecule has 0 heteroatoms. The normalized spacial score (nSPS) is 32.7. The summed E-state index contributed by atoms with van der Waals surface area (Å²) < 4.78 is 0. The molecular formula is C9H12. The Hall–Kier alpha value is -0.740. The molecule has 2 atom stereocenters. The van der Waals surface area contributed by atoms with E-state index in [9.17, 15) is 0 Å². The van der Waals surface area contributed by atoms with E-state index in [-0.39, 0.29) is 0 Å². The molecule has 0 bridgehead atoms. The Morgan fingerprint density at radius 3 is 2.78 bits per heavy atom. The monoisotopic (exact) mass is 120 g/mol. The summed E-state index contributed by atoms with van der Waals surface area (Å²) in [6.45, 7) is 4.43. The summed E-state index contributed by atoms with van der Waals surface area (Å²) in [6, 6.07) is 0. The molecule has 1 aliphatic rings. The van der Waals surface area contributed by atoms with E-state index >= 15 is 0 Å². The number of rotatable bonds is 0. The van der Waals surface area contributed by atoms with Crippen LogP contribution in [-0.4, -0.2) is 0 Å². The zero-order valence-electron chi connectivity index (χ0n) is 5.96. The van der Waals surface area contributed by atoms with Gasteiger partial charge >= 0.3 is 0 Å². The van der Waals surface area contributed by atoms with E-state index in [0.717, 1.165) is 0 Å². The van der Waals surface area contributed by atoms with Crippen LogP contribution in [0.3, 0.4) is 0 Å². The second kappa shape index (κ2) is 2.70. The third-order valence-electron chi connectivity index (χ3n) is 1.80. The SMILES string of the molecule is CC1C=C=CC=CC1C. The molecule has 0 aromatic carbocycles. The van der Waals surface area contributed by atoms with E-state index in [1.54, 1.807) is 0 Å². The maximum atomic E-state index is 3.09. The number of hydrogen-bond donors (Lipinski definition) is 0. The van der Waals surface area contributed by atoms with Gasteiger partial charge in [-0.2, -0.15) is 0 Å². The molecule has 0 aromatic heterocycles. The maximum Gasteiger partial charge on any atom is -0.0125 e. The zero-order valence-corrected chi connectivity index (χ0v) is 5.96. The van der Waals surface area contributed by atoms with Crippen LogP contribution in [0.25, 0.3) is 0 Å². The van der Waals surface area contributed by atoms with Gasteiger partial charge < -0.3 is 0 Å². The highest BCUT2D eigenvalue weighted by Crippen LogP contribution is 2.14. The molecule has 0 saturated carbocycles. The Labute approximate surface area is 56.6 Å². The van der Waals surface area contributed by atoms with Crippen LogP contribution in [0.2, 0.25) is 0 Å². The van der Waals surface area contributed by atoms with Gasteiger partial charge in [-0.3, -0.25) is 0 Å². The van der Waals surface area contributed by atoms with Gasteiger partial charge in [-0.1, -0.05) is 26.0 Å². The summed E-state index contributed by atoms with van der Waals surface area (Å²) >= 11 is 0. The van der Waals surface area contributed by atoms with Crippen molar-refractivity contribution in [3.8, 4) is 0 Å². The molecule has 1 aliphatic carbocycles. The summed E-state index contributed by atoms with van der Waals surface area (Å²) in [5, 5.41) is 0.